The van der Waals surface area contributed by atoms with Crippen molar-refractivity contribution in [3.05, 3.63) is 29.6 Å². The van der Waals surface area contributed by atoms with E-state index in [9.17, 15) is 4.39 Å². The first-order valence-electron chi connectivity index (χ1n) is 7.44. The van der Waals surface area contributed by atoms with E-state index in [2.05, 4.69) is 5.32 Å². The number of ether oxygens (including phenoxy) is 1. The minimum Gasteiger partial charge on any atom is -0.490 e. The van der Waals surface area contributed by atoms with Gasteiger partial charge in [0.25, 0.3) is 0 Å². The monoisotopic (exact) mass is 263 g/mol. The standard InChI is InChI=1S/C16H22FNO/c17-15-3-1-2-14(10-12-6-8-18-9-7-12)16(15)19-11-13-4-5-13/h1-3,12-13,18H,4-11H2. The number of benzene rings is 1. The lowest BCUT2D eigenvalue weighted by molar-refractivity contribution is 0.278. The highest BCUT2D eigenvalue weighted by molar-refractivity contribution is 5.35. The lowest BCUT2D eigenvalue weighted by Gasteiger charge is -2.23. The van der Waals surface area contributed by atoms with Crippen LogP contribution in [0.15, 0.2) is 18.2 Å². The maximum absolute atomic E-state index is 13.9. The largest absolute Gasteiger partial charge is 0.490 e. The van der Waals surface area contributed by atoms with Crippen molar-refractivity contribution in [2.24, 2.45) is 11.8 Å². The Bertz CT molecular complexity index is 425. The third kappa shape index (κ3) is 3.47. The van der Waals surface area contributed by atoms with Crippen molar-refractivity contribution in [3.8, 4) is 5.75 Å². The molecule has 1 saturated heterocycles. The molecule has 1 aliphatic carbocycles. The Morgan fingerprint density at radius 1 is 1.11 bits per heavy atom. The second-order valence-corrected chi connectivity index (χ2v) is 5.88. The van der Waals surface area contributed by atoms with Crippen LogP contribution in [-0.4, -0.2) is 19.7 Å². The normalized spacial score (nSPS) is 20.5. The van der Waals surface area contributed by atoms with Crippen molar-refractivity contribution >= 4 is 0 Å². The van der Waals surface area contributed by atoms with Gasteiger partial charge in [0, 0.05) is 0 Å². The van der Waals surface area contributed by atoms with Gasteiger partial charge in [-0.2, -0.15) is 0 Å². The molecular weight excluding hydrogens is 241 g/mol. The van der Waals surface area contributed by atoms with Gasteiger partial charge in [0.2, 0.25) is 0 Å². The van der Waals surface area contributed by atoms with E-state index in [1.807, 2.05) is 6.07 Å². The number of hydrogen-bond acceptors (Lipinski definition) is 2. The number of rotatable bonds is 5. The first-order valence-corrected chi connectivity index (χ1v) is 7.44. The first kappa shape index (κ1) is 12.9. The highest BCUT2D eigenvalue weighted by Gasteiger charge is 2.24. The molecule has 2 fully saturated rings. The van der Waals surface area contributed by atoms with Crippen molar-refractivity contribution in [3.63, 3.8) is 0 Å². The van der Waals surface area contributed by atoms with E-state index in [0.717, 1.165) is 25.1 Å². The fourth-order valence-corrected chi connectivity index (χ4v) is 2.76. The lowest BCUT2D eigenvalue weighted by Crippen LogP contribution is -2.28. The maximum Gasteiger partial charge on any atom is 0.165 e. The molecule has 1 aliphatic heterocycles. The van der Waals surface area contributed by atoms with Gasteiger partial charge in [-0.3, -0.25) is 0 Å². The number of para-hydroxylation sites is 1. The Hall–Kier alpha value is -1.09. The van der Waals surface area contributed by atoms with Crippen molar-refractivity contribution in [2.75, 3.05) is 19.7 Å². The van der Waals surface area contributed by atoms with E-state index < -0.39 is 0 Å². The van der Waals surface area contributed by atoms with Crippen LogP contribution < -0.4 is 10.1 Å². The van der Waals surface area contributed by atoms with Crippen LogP contribution in [0.3, 0.4) is 0 Å². The van der Waals surface area contributed by atoms with E-state index in [0.29, 0.717) is 24.2 Å². The van der Waals surface area contributed by atoms with Crippen LogP contribution in [-0.2, 0) is 6.42 Å². The molecule has 0 bridgehead atoms. The summed E-state index contributed by atoms with van der Waals surface area (Å²) in [6, 6.07) is 5.33. The maximum atomic E-state index is 13.9. The Kier molecular flexibility index (Phi) is 4.02. The molecule has 3 rings (SSSR count). The topological polar surface area (TPSA) is 21.3 Å². The molecule has 1 aromatic rings. The Labute approximate surface area is 114 Å². The van der Waals surface area contributed by atoms with Gasteiger partial charge >= 0.3 is 0 Å². The van der Waals surface area contributed by atoms with Gasteiger partial charge in [0.15, 0.2) is 11.6 Å². The quantitative estimate of drug-likeness (QED) is 0.881. The molecule has 0 amide bonds. The van der Waals surface area contributed by atoms with Crippen LogP contribution in [0.2, 0.25) is 0 Å². The van der Waals surface area contributed by atoms with E-state index in [-0.39, 0.29) is 5.82 Å². The smallest absolute Gasteiger partial charge is 0.165 e. The summed E-state index contributed by atoms with van der Waals surface area (Å²) in [7, 11) is 0. The summed E-state index contributed by atoms with van der Waals surface area (Å²) < 4.78 is 19.7. The van der Waals surface area contributed by atoms with Crippen LogP contribution >= 0.6 is 0 Å². The molecule has 1 heterocycles. The van der Waals surface area contributed by atoms with Gasteiger partial charge in [0.1, 0.15) is 0 Å². The summed E-state index contributed by atoms with van der Waals surface area (Å²) in [6.07, 6.45) is 5.77. The van der Waals surface area contributed by atoms with Gasteiger partial charge in [-0.25, -0.2) is 4.39 Å². The summed E-state index contributed by atoms with van der Waals surface area (Å²) in [5.74, 6) is 1.62. The average Bonchev–Trinajstić information content (AvgIpc) is 3.23. The van der Waals surface area contributed by atoms with E-state index in [1.54, 1.807) is 6.07 Å². The molecule has 1 saturated carbocycles. The molecule has 1 aromatic carbocycles. The van der Waals surface area contributed by atoms with Crippen LogP contribution in [0.1, 0.15) is 31.2 Å². The van der Waals surface area contributed by atoms with Crippen molar-refractivity contribution in [1.82, 2.24) is 5.32 Å². The zero-order valence-electron chi connectivity index (χ0n) is 11.3. The Morgan fingerprint density at radius 3 is 2.63 bits per heavy atom. The first-order chi connectivity index (χ1) is 9.33. The Balaban J connectivity index is 1.68. The highest BCUT2D eigenvalue weighted by Crippen LogP contribution is 2.32. The molecular formula is C16H22FNO. The van der Waals surface area contributed by atoms with Gasteiger partial charge in [0.05, 0.1) is 6.61 Å². The van der Waals surface area contributed by atoms with Crippen LogP contribution in [0.25, 0.3) is 0 Å². The van der Waals surface area contributed by atoms with E-state index >= 15 is 0 Å². The van der Waals surface area contributed by atoms with Crippen LogP contribution in [0.4, 0.5) is 4.39 Å². The molecule has 2 nitrogen and oxygen atoms in total. The molecule has 0 aromatic heterocycles. The molecule has 3 heteroatoms. The molecule has 19 heavy (non-hydrogen) atoms. The predicted molar refractivity (Wildman–Crippen MR) is 73.9 cm³/mol. The fourth-order valence-electron chi connectivity index (χ4n) is 2.76. The molecule has 104 valence electrons. The molecule has 0 unspecified atom stereocenters. The van der Waals surface area contributed by atoms with E-state index in [4.69, 9.17) is 4.74 Å². The SMILES string of the molecule is Fc1cccc(CC2CCNCC2)c1OCC1CC1. The third-order valence-corrected chi connectivity index (χ3v) is 4.18. The molecule has 1 N–H and O–H groups in total. The highest BCUT2D eigenvalue weighted by atomic mass is 19.1. The number of nitrogens with one attached hydrogen (secondary N) is 1. The van der Waals surface area contributed by atoms with Gasteiger partial charge < -0.3 is 10.1 Å². The van der Waals surface area contributed by atoms with Crippen molar-refractivity contribution in [1.29, 1.82) is 0 Å². The van der Waals surface area contributed by atoms with Crippen LogP contribution in [0, 0.1) is 17.7 Å². The number of halogens is 1. The molecule has 2 aliphatic rings. The minimum atomic E-state index is -0.202. The molecule has 0 spiro atoms. The van der Waals surface area contributed by atoms with Crippen molar-refractivity contribution < 1.29 is 9.13 Å². The zero-order chi connectivity index (χ0) is 13.1. The van der Waals surface area contributed by atoms with E-state index in [1.165, 1.54) is 31.7 Å². The number of piperidine rings is 1. The second-order valence-electron chi connectivity index (χ2n) is 5.88. The third-order valence-electron chi connectivity index (χ3n) is 4.18. The average molecular weight is 263 g/mol. The van der Waals surface area contributed by atoms with Crippen LogP contribution in [0.5, 0.6) is 5.75 Å². The summed E-state index contributed by atoms with van der Waals surface area (Å²) in [4.78, 5) is 0. The summed E-state index contributed by atoms with van der Waals surface area (Å²) >= 11 is 0. The summed E-state index contributed by atoms with van der Waals surface area (Å²) in [5, 5.41) is 3.37. The summed E-state index contributed by atoms with van der Waals surface area (Å²) in [5.41, 5.74) is 1.05. The predicted octanol–water partition coefficient (Wildman–Crippen LogP) is 3.16. The number of hydrogen-bond donors (Lipinski definition) is 1. The Morgan fingerprint density at radius 2 is 1.89 bits per heavy atom. The minimum absolute atomic E-state index is 0.202. The lowest BCUT2D eigenvalue weighted by atomic mass is 9.90. The van der Waals surface area contributed by atoms with Gasteiger partial charge in [-0.05, 0) is 68.7 Å². The molecule has 0 radical (unpaired) electrons. The van der Waals surface area contributed by atoms with Gasteiger partial charge in [-0.1, -0.05) is 12.1 Å². The molecule has 0 atom stereocenters. The van der Waals surface area contributed by atoms with Crippen molar-refractivity contribution in [2.45, 2.75) is 32.1 Å². The van der Waals surface area contributed by atoms with Gasteiger partial charge in [-0.15, -0.1) is 0 Å². The zero-order valence-corrected chi connectivity index (χ0v) is 11.3. The second kappa shape index (κ2) is 5.91. The summed E-state index contributed by atoms with van der Waals surface area (Å²) in [6.45, 7) is 2.84. The fraction of sp³-hybridized carbons (Fsp3) is 0.625.